The lowest BCUT2D eigenvalue weighted by Crippen LogP contribution is -2.34. The van der Waals surface area contributed by atoms with E-state index in [1.165, 1.54) is 46.3 Å². The summed E-state index contributed by atoms with van der Waals surface area (Å²) >= 11 is 0. The molecular weight excluding hydrogens is 447 g/mol. The number of benzene rings is 2. The molecule has 2 bridgehead atoms. The third-order valence-corrected chi connectivity index (χ3v) is 7.94. The minimum Gasteiger partial charge on any atom is -0.344 e. The van der Waals surface area contributed by atoms with E-state index in [9.17, 15) is 13.2 Å². The van der Waals surface area contributed by atoms with Crippen LogP contribution in [0.4, 0.5) is 13.2 Å². The van der Waals surface area contributed by atoms with E-state index in [-0.39, 0.29) is 0 Å². The van der Waals surface area contributed by atoms with Crippen molar-refractivity contribution in [3.05, 3.63) is 88.9 Å². The zero-order valence-corrected chi connectivity index (χ0v) is 19.9. The SMILES string of the molecule is Cc1ccc(CCn2c3c(c4cc(-c5cccc(C(F)(F)F)c5)ccc42)C2CCC(C3)N2C)cn1. The molecule has 2 aliphatic rings. The first-order valence-electron chi connectivity index (χ1n) is 12.3. The molecule has 0 spiro atoms. The summed E-state index contributed by atoms with van der Waals surface area (Å²) in [4.78, 5) is 6.94. The van der Waals surface area contributed by atoms with Gasteiger partial charge in [0, 0.05) is 53.5 Å². The van der Waals surface area contributed by atoms with Gasteiger partial charge in [-0.3, -0.25) is 9.88 Å². The van der Waals surface area contributed by atoms with Crippen LogP contribution in [-0.2, 0) is 25.6 Å². The summed E-state index contributed by atoms with van der Waals surface area (Å²) in [6, 6.07) is 16.9. The molecule has 3 nitrogen and oxygen atoms in total. The molecule has 0 saturated carbocycles. The van der Waals surface area contributed by atoms with Crippen LogP contribution in [0.2, 0.25) is 0 Å². The van der Waals surface area contributed by atoms with E-state index in [0.717, 1.165) is 43.1 Å². The zero-order chi connectivity index (χ0) is 24.3. The molecule has 1 saturated heterocycles. The van der Waals surface area contributed by atoms with E-state index in [0.29, 0.717) is 17.6 Å². The Labute approximate surface area is 203 Å². The van der Waals surface area contributed by atoms with Gasteiger partial charge in [0.1, 0.15) is 0 Å². The molecule has 1 fully saturated rings. The van der Waals surface area contributed by atoms with E-state index < -0.39 is 11.7 Å². The average Bonchev–Trinajstić information content (AvgIpc) is 3.26. The minimum absolute atomic E-state index is 0.366. The first kappa shape index (κ1) is 22.4. The highest BCUT2D eigenvalue weighted by Gasteiger charge is 2.40. The maximum absolute atomic E-state index is 13.3. The van der Waals surface area contributed by atoms with Crippen molar-refractivity contribution >= 4 is 10.9 Å². The molecule has 4 heterocycles. The number of rotatable bonds is 4. The molecule has 2 aliphatic heterocycles. The van der Waals surface area contributed by atoms with Crippen molar-refractivity contribution in [1.82, 2.24) is 14.5 Å². The Bertz CT molecular complexity index is 1400. The quantitative estimate of drug-likeness (QED) is 0.318. The lowest BCUT2D eigenvalue weighted by atomic mass is 9.95. The molecule has 2 atom stereocenters. The summed E-state index contributed by atoms with van der Waals surface area (Å²) < 4.78 is 42.5. The molecule has 0 radical (unpaired) electrons. The molecule has 2 unspecified atom stereocenters. The summed E-state index contributed by atoms with van der Waals surface area (Å²) in [5, 5.41) is 1.18. The van der Waals surface area contributed by atoms with Crippen LogP contribution in [0.25, 0.3) is 22.0 Å². The molecule has 2 aromatic heterocycles. The Morgan fingerprint density at radius 2 is 1.83 bits per heavy atom. The molecule has 6 heteroatoms. The van der Waals surface area contributed by atoms with Gasteiger partial charge in [-0.2, -0.15) is 13.2 Å². The third kappa shape index (κ3) is 3.84. The largest absolute Gasteiger partial charge is 0.416 e. The summed E-state index contributed by atoms with van der Waals surface area (Å²) in [6.07, 6.45) is 1.83. The smallest absolute Gasteiger partial charge is 0.344 e. The summed E-state index contributed by atoms with van der Waals surface area (Å²) in [6.45, 7) is 2.86. The summed E-state index contributed by atoms with van der Waals surface area (Å²) in [5.41, 5.74) is 6.98. The second-order valence-electron chi connectivity index (χ2n) is 10.00. The monoisotopic (exact) mass is 475 g/mol. The first-order chi connectivity index (χ1) is 16.8. The topological polar surface area (TPSA) is 21.1 Å². The average molecular weight is 476 g/mol. The standard InChI is InChI=1S/C29H28F3N3/c1-18-6-7-19(17-33-18)12-13-35-25-10-8-21(20-4-3-5-22(14-20)29(30,31)32)15-24(25)28-26-11-9-23(34(26)2)16-27(28)35/h3-8,10,14-15,17,23,26H,9,11-13,16H2,1-2H3. The van der Waals surface area contributed by atoms with Gasteiger partial charge in [0.2, 0.25) is 0 Å². The molecule has 0 aliphatic carbocycles. The molecule has 2 aromatic carbocycles. The maximum atomic E-state index is 13.3. The fourth-order valence-corrected chi connectivity index (χ4v) is 6.05. The van der Waals surface area contributed by atoms with Crippen molar-refractivity contribution < 1.29 is 13.2 Å². The van der Waals surface area contributed by atoms with Gasteiger partial charge in [0.25, 0.3) is 0 Å². The lowest BCUT2D eigenvalue weighted by Gasteiger charge is -2.32. The van der Waals surface area contributed by atoms with E-state index in [4.69, 9.17) is 0 Å². The Morgan fingerprint density at radius 1 is 1.00 bits per heavy atom. The predicted octanol–water partition coefficient (Wildman–Crippen LogP) is 6.96. The third-order valence-electron chi connectivity index (χ3n) is 7.94. The predicted molar refractivity (Wildman–Crippen MR) is 132 cm³/mol. The van der Waals surface area contributed by atoms with Crippen molar-refractivity contribution in [3.63, 3.8) is 0 Å². The number of hydrogen-bond acceptors (Lipinski definition) is 2. The van der Waals surface area contributed by atoms with Crippen LogP contribution in [0.5, 0.6) is 0 Å². The fourth-order valence-electron chi connectivity index (χ4n) is 6.05. The molecule has 0 N–H and O–H groups in total. The van der Waals surface area contributed by atoms with Gasteiger partial charge in [-0.05, 0) is 85.8 Å². The van der Waals surface area contributed by atoms with Crippen LogP contribution in [0.1, 0.15) is 47.0 Å². The summed E-state index contributed by atoms with van der Waals surface area (Å²) in [7, 11) is 2.21. The van der Waals surface area contributed by atoms with Crippen LogP contribution in [0, 0.1) is 6.92 Å². The summed E-state index contributed by atoms with van der Waals surface area (Å²) in [5.74, 6) is 0. The van der Waals surface area contributed by atoms with E-state index in [1.54, 1.807) is 6.07 Å². The van der Waals surface area contributed by atoms with Gasteiger partial charge in [-0.15, -0.1) is 0 Å². The number of nitrogens with zero attached hydrogens (tertiary/aromatic N) is 3. The van der Waals surface area contributed by atoms with Crippen molar-refractivity contribution in [1.29, 1.82) is 0 Å². The number of aryl methyl sites for hydroxylation is 3. The van der Waals surface area contributed by atoms with Crippen LogP contribution in [-0.4, -0.2) is 27.5 Å². The van der Waals surface area contributed by atoms with Crippen molar-refractivity contribution in [2.24, 2.45) is 0 Å². The maximum Gasteiger partial charge on any atom is 0.416 e. The molecule has 4 aromatic rings. The molecule has 6 rings (SSSR count). The van der Waals surface area contributed by atoms with Crippen molar-refractivity contribution in [2.75, 3.05) is 7.05 Å². The van der Waals surface area contributed by atoms with Gasteiger partial charge < -0.3 is 4.57 Å². The van der Waals surface area contributed by atoms with Gasteiger partial charge in [-0.25, -0.2) is 0 Å². The first-order valence-corrected chi connectivity index (χ1v) is 12.3. The Morgan fingerprint density at radius 3 is 2.60 bits per heavy atom. The van der Waals surface area contributed by atoms with Crippen molar-refractivity contribution in [3.8, 4) is 11.1 Å². The van der Waals surface area contributed by atoms with Crippen LogP contribution >= 0.6 is 0 Å². The van der Waals surface area contributed by atoms with Gasteiger partial charge in [-0.1, -0.05) is 24.3 Å². The van der Waals surface area contributed by atoms with Gasteiger partial charge in [0.15, 0.2) is 0 Å². The Kier molecular flexibility index (Phi) is 5.26. The lowest BCUT2D eigenvalue weighted by molar-refractivity contribution is -0.137. The highest BCUT2D eigenvalue weighted by Crippen LogP contribution is 2.47. The molecular formula is C29H28F3N3. The highest BCUT2D eigenvalue weighted by atomic mass is 19.4. The Balaban J connectivity index is 1.45. The van der Waals surface area contributed by atoms with Gasteiger partial charge in [0.05, 0.1) is 5.56 Å². The molecule has 180 valence electrons. The Hall–Kier alpha value is -3.12. The number of likely N-dealkylation sites (N-methyl/N-ethyl adjacent to an activating group) is 1. The van der Waals surface area contributed by atoms with E-state index >= 15 is 0 Å². The number of fused-ring (bicyclic) bond motifs is 6. The van der Waals surface area contributed by atoms with Crippen LogP contribution < -0.4 is 0 Å². The number of halogens is 3. The number of alkyl halides is 3. The molecule has 0 amide bonds. The van der Waals surface area contributed by atoms with E-state index in [2.05, 4.69) is 45.8 Å². The van der Waals surface area contributed by atoms with Crippen LogP contribution in [0.3, 0.4) is 0 Å². The minimum atomic E-state index is -4.35. The second kappa shape index (κ2) is 8.23. The number of hydrogen-bond donors (Lipinski definition) is 0. The van der Waals surface area contributed by atoms with Gasteiger partial charge >= 0.3 is 6.18 Å². The number of pyridine rings is 1. The van der Waals surface area contributed by atoms with E-state index in [1.807, 2.05) is 19.2 Å². The normalized spacial score (nSPS) is 19.9. The zero-order valence-electron chi connectivity index (χ0n) is 19.9. The molecule has 35 heavy (non-hydrogen) atoms. The van der Waals surface area contributed by atoms with Crippen LogP contribution in [0.15, 0.2) is 60.8 Å². The second-order valence-corrected chi connectivity index (χ2v) is 10.00. The number of aromatic nitrogens is 2. The fraction of sp³-hybridized carbons (Fsp3) is 0.345. The highest BCUT2D eigenvalue weighted by molar-refractivity contribution is 5.91. The van der Waals surface area contributed by atoms with Crippen molar-refractivity contribution in [2.45, 2.75) is 57.4 Å².